The Morgan fingerprint density at radius 3 is 1.67 bits per heavy atom. The zero-order valence-corrected chi connectivity index (χ0v) is 21.3. The van der Waals surface area contributed by atoms with Crippen molar-refractivity contribution in [2.75, 3.05) is 0 Å². The molecule has 0 aliphatic heterocycles. The van der Waals surface area contributed by atoms with Crippen LogP contribution in [0.1, 0.15) is 66.2 Å². The fraction of sp³-hybridized carbons (Fsp3) is 0.810. The van der Waals surface area contributed by atoms with Crippen LogP contribution in [0.15, 0.2) is 9.67 Å². The molecule has 1 unspecified atom stereocenters. The van der Waals surface area contributed by atoms with Crippen LogP contribution in [0, 0.1) is 11.5 Å². The van der Waals surface area contributed by atoms with E-state index in [9.17, 15) is 5.11 Å². The molecule has 0 radical (unpaired) electrons. The molecule has 0 aliphatic rings. The first-order valence-corrected chi connectivity index (χ1v) is 21.1. The molecule has 1 atom stereocenters. The second kappa shape index (κ2) is 12.6. The predicted octanol–water partition coefficient (Wildman–Crippen LogP) is 6.56. The zero-order valence-electron chi connectivity index (χ0n) is 17.5. The molecular formula is C21H42OSiSn. The molecule has 0 spiro atoms. The van der Waals surface area contributed by atoms with E-state index in [0.29, 0.717) is 0 Å². The van der Waals surface area contributed by atoms with E-state index in [1.807, 2.05) is 0 Å². The third-order valence-electron chi connectivity index (χ3n) is 4.83. The number of aliphatic hydroxyl groups is 1. The number of hydrogen-bond donors (Lipinski definition) is 1. The van der Waals surface area contributed by atoms with Crippen molar-refractivity contribution in [3.8, 4) is 11.5 Å². The summed E-state index contributed by atoms with van der Waals surface area (Å²) in [7, 11) is -1.44. The summed E-state index contributed by atoms with van der Waals surface area (Å²) >= 11 is -2.53. The Morgan fingerprint density at radius 1 is 0.958 bits per heavy atom. The van der Waals surface area contributed by atoms with Crippen LogP contribution in [0.25, 0.3) is 0 Å². The van der Waals surface area contributed by atoms with Crippen LogP contribution in [-0.2, 0) is 0 Å². The third-order valence-corrected chi connectivity index (χ3v) is 22.0. The quantitative estimate of drug-likeness (QED) is 0.275. The average molecular weight is 457 g/mol. The molecule has 0 aromatic heterocycles. The summed E-state index contributed by atoms with van der Waals surface area (Å²) in [6.07, 6.45) is 9.56. The topological polar surface area (TPSA) is 20.2 Å². The average Bonchev–Trinajstić information content (AvgIpc) is 2.53. The molecule has 0 saturated heterocycles. The molecular weight excluding hydrogens is 415 g/mol. The number of hydrogen-bond acceptors (Lipinski definition) is 1. The third kappa shape index (κ3) is 9.11. The predicted molar refractivity (Wildman–Crippen MR) is 116 cm³/mol. The molecule has 0 amide bonds. The molecule has 0 aromatic carbocycles. The molecule has 0 rings (SSSR count). The molecule has 0 aromatic rings. The minimum atomic E-state index is -2.53. The number of aliphatic hydroxyl groups excluding tert-OH is 1. The van der Waals surface area contributed by atoms with Crippen LogP contribution in [0.3, 0.4) is 0 Å². The second-order valence-electron chi connectivity index (χ2n) is 8.26. The van der Waals surface area contributed by atoms with Crippen molar-refractivity contribution in [1.29, 1.82) is 0 Å². The van der Waals surface area contributed by atoms with Gasteiger partial charge in [-0.25, -0.2) is 0 Å². The van der Waals surface area contributed by atoms with Crippen molar-refractivity contribution in [2.24, 2.45) is 0 Å². The Morgan fingerprint density at radius 2 is 1.38 bits per heavy atom. The fourth-order valence-electron chi connectivity index (χ4n) is 3.47. The van der Waals surface area contributed by atoms with E-state index in [1.54, 1.807) is 0 Å². The van der Waals surface area contributed by atoms with Crippen molar-refractivity contribution < 1.29 is 5.11 Å². The van der Waals surface area contributed by atoms with Gasteiger partial charge in [0.1, 0.15) is 0 Å². The molecule has 0 saturated carbocycles. The Bertz CT molecular complexity index is 404. The van der Waals surface area contributed by atoms with Gasteiger partial charge in [0.15, 0.2) is 0 Å². The van der Waals surface area contributed by atoms with Gasteiger partial charge in [-0.3, -0.25) is 0 Å². The molecule has 0 aliphatic carbocycles. The van der Waals surface area contributed by atoms with Gasteiger partial charge in [-0.1, -0.05) is 0 Å². The van der Waals surface area contributed by atoms with Crippen LogP contribution in [0.2, 0.25) is 33.0 Å². The summed E-state index contributed by atoms with van der Waals surface area (Å²) in [5, 5.41) is 10.9. The number of unbranched alkanes of at least 4 members (excludes halogenated alkanes) is 3. The first-order valence-electron chi connectivity index (χ1n) is 10.1. The van der Waals surface area contributed by atoms with Crippen LogP contribution >= 0.6 is 0 Å². The van der Waals surface area contributed by atoms with Gasteiger partial charge in [-0.05, 0) is 0 Å². The monoisotopic (exact) mass is 458 g/mol. The standard InChI is InChI=1S/C9H15OSi.3C4H9.Sn/c1-5-6-9(10)7-8-11(2,3)4;3*1-3-4-2;/h5,9-10H,1-4H3;3*1,3-4H2,2H3;. The molecule has 0 fully saturated rings. The second-order valence-corrected chi connectivity index (χ2v) is 26.2. The maximum absolute atomic E-state index is 10.9. The van der Waals surface area contributed by atoms with Gasteiger partial charge in [-0.15, -0.1) is 0 Å². The zero-order chi connectivity index (χ0) is 18.6. The Kier molecular flexibility index (Phi) is 12.7. The van der Waals surface area contributed by atoms with Gasteiger partial charge in [0.05, 0.1) is 0 Å². The summed E-state index contributed by atoms with van der Waals surface area (Å²) in [4.78, 5) is 0. The van der Waals surface area contributed by atoms with Gasteiger partial charge < -0.3 is 0 Å². The Hall–Kier alpha value is 0.276. The van der Waals surface area contributed by atoms with Gasteiger partial charge >= 0.3 is 158 Å². The minimum absolute atomic E-state index is 0.497. The van der Waals surface area contributed by atoms with Gasteiger partial charge in [0, 0.05) is 0 Å². The van der Waals surface area contributed by atoms with Crippen molar-refractivity contribution in [1.82, 2.24) is 0 Å². The van der Waals surface area contributed by atoms with Crippen LogP contribution < -0.4 is 0 Å². The van der Waals surface area contributed by atoms with Gasteiger partial charge in [-0.2, -0.15) is 0 Å². The van der Waals surface area contributed by atoms with Crippen molar-refractivity contribution in [2.45, 2.75) is 105 Å². The number of allylic oxidation sites excluding steroid dienone is 1. The van der Waals surface area contributed by atoms with E-state index in [1.165, 1.54) is 55.4 Å². The molecule has 0 heterocycles. The van der Waals surface area contributed by atoms with E-state index >= 15 is 0 Å². The van der Waals surface area contributed by atoms with Crippen molar-refractivity contribution >= 4 is 26.5 Å². The van der Waals surface area contributed by atoms with Crippen LogP contribution in [-0.4, -0.2) is 37.7 Å². The Balaban J connectivity index is 5.67. The first kappa shape index (κ1) is 24.3. The summed E-state index contributed by atoms with van der Waals surface area (Å²) in [5.41, 5.74) is 3.41. The van der Waals surface area contributed by atoms with Crippen LogP contribution in [0.4, 0.5) is 0 Å². The van der Waals surface area contributed by atoms with Crippen molar-refractivity contribution in [3.05, 3.63) is 9.67 Å². The maximum atomic E-state index is 10.9. The van der Waals surface area contributed by atoms with E-state index in [2.05, 4.69) is 64.9 Å². The summed E-state index contributed by atoms with van der Waals surface area (Å²) < 4.78 is 5.61. The summed E-state index contributed by atoms with van der Waals surface area (Å²) in [5.74, 6) is 3.26. The Labute approximate surface area is 157 Å². The van der Waals surface area contributed by atoms with Gasteiger partial charge in [0.25, 0.3) is 0 Å². The summed E-state index contributed by atoms with van der Waals surface area (Å²) in [6.45, 7) is 15.8. The molecule has 1 nitrogen and oxygen atoms in total. The van der Waals surface area contributed by atoms with E-state index in [4.69, 9.17) is 0 Å². The van der Waals surface area contributed by atoms with Crippen LogP contribution in [0.5, 0.6) is 0 Å². The molecule has 140 valence electrons. The molecule has 1 N–H and O–H groups in total. The van der Waals surface area contributed by atoms with Crippen molar-refractivity contribution in [3.63, 3.8) is 0 Å². The van der Waals surface area contributed by atoms with E-state index in [0.717, 1.165) is 0 Å². The first-order chi connectivity index (χ1) is 11.3. The number of rotatable bonds is 11. The van der Waals surface area contributed by atoms with E-state index < -0.39 is 32.6 Å². The summed E-state index contributed by atoms with van der Waals surface area (Å²) in [6, 6.07) is 0. The van der Waals surface area contributed by atoms with E-state index in [-0.39, 0.29) is 0 Å². The SMILES string of the molecule is C/C=[C](/C(O)C#C[Si](C)(C)C)[Sn]([CH2]CCC)([CH2]CCC)[CH2]CCC. The molecule has 24 heavy (non-hydrogen) atoms. The normalized spacial score (nSPS) is 14.2. The molecule has 0 bridgehead atoms. The van der Waals surface area contributed by atoms with Gasteiger partial charge in [0.2, 0.25) is 0 Å². The fourth-order valence-corrected chi connectivity index (χ4v) is 21.1. The molecule has 3 heteroatoms.